The Labute approximate surface area is 90.6 Å². The van der Waals surface area contributed by atoms with E-state index in [9.17, 15) is 0 Å². The van der Waals surface area contributed by atoms with Crippen LogP contribution in [0.25, 0.3) is 11.1 Å². The average Bonchev–Trinajstić information content (AvgIpc) is 2.67. The van der Waals surface area contributed by atoms with Gasteiger partial charge in [-0.15, -0.1) is 0 Å². The van der Waals surface area contributed by atoms with Crippen LogP contribution < -0.4 is 0 Å². The van der Waals surface area contributed by atoms with E-state index in [1.165, 1.54) is 27.8 Å². The molecule has 0 N–H and O–H groups in total. The lowest BCUT2D eigenvalue weighted by Gasteiger charge is -2.04. The van der Waals surface area contributed by atoms with E-state index in [-0.39, 0.29) is 0 Å². The van der Waals surface area contributed by atoms with E-state index < -0.39 is 0 Å². The van der Waals surface area contributed by atoms with Crippen molar-refractivity contribution in [3.05, 3.63) is 59.2 Å². The van der Waals surface area contributed by atoms with Crippen LogP contribution in [0.3, 0.4) is 0 Å². The lowest BCUT2D eigenvalue weighted by molar-refractivity contribution is 1.08. The molecule has 0 aliphatic heterocycles. The number of rotatable bonds is 1. The smallest absolute Gasteiger partial charge is 0.00105 e. The second-order valence-electron chi connectivity index (χ2n) is 4.04. The Bertz CT molecular complexity index is 509. The summed E-state index contributed by atoms with van der Waals surface area (Å²) < 4.78 is 0. The number of aryl methyl sites for hydroxylation is 1. The van der Waals surface area contributed by atoms with Crippen LogP contribution in [0.4, 0.5) is 0 Å². The molecule has 0 bridgehead atoms. The summed E-state index contributed by atoms with van der Waals surface area (Å²) in [5, 5.41) is 0. The van der Waals surface area contributed by atoms with Gasteiger partial charge in [0.25, 0.3) is 0 Å². The van der Waals surface area contributed by atoms with Gasteiger partial charge in [0, 0.05) is 0 Å². The van der Waals surface area contributed by atoms with Crippen LogP contribution in [0.5, 0.6) is 0 Å². The Morgan fingerprint density at radius 3 is 2.87 bits per heavy atom. The highest BCUT2D eigenvalue weighted by Crippen LogP contribution is 2.37. The fourth-order valence-corrected chi connectivity index (χ4v) is 2.47. The first-order chi connectivity index (χ1) is 7.40. The lowest BCUT2D eigenvalue weighted by Crippen LogP contribution is -1.90. The minimum Gasteiger partial charge on any atom is -0.0619 e. The highest BCUT2D eigenvalue weighted by atomic mass is 14.2. The molecule has 0 nitrogen and oxygen atoms in total. The summed E-state index contributed by atoms with van der Waals surface area (Å²) in [6.07, 6.45) is 2.17. The van der Waals surface area contributed by atoms with Crippen LogP contribution in [-0.2, 0) is 12.8 Å². The molecule has 3 rings (SSSR count). The van der Waals surface area contributed by atoms with Crippen molar-refractivity contribution in [1.29, 1.82) is 0 Å². The van der Waals surface area contributed by atoms with Crippen molar-refractivity contribution < 1.29 is 0 Å². The summed E-state index contributed by atoms with van der Waals surface area (Å²) in [6, 6.07) is 16.3. The second-order valence-corrected chi connectivity index (χ2v) is 4.04. The molecule has 2 aromatic rings. The molecule has 0 saturated carbocycles. The maximum atomic E-state index is 3.35. The first-order valence-corrected chi connectivity index (χ1v) is 5.51. The van der Waals surface area contributed by atoms with Crippen molar-refractivity contribution in [1.82, 2.24) is 0 Å². The topological polar surface area (TPSA) is 0 Å². The van der Waals surface area contributed by atoms with Crippen LogP contribution in [0.2, 0.25) is 0 Å². The normalized spacial score (nSPS) is 12.3. The quantitative estimate of drug-likeness (QED) is 0.553. The fraction of sp³-hybridized carbons (Fsp3) is 0.200. The number of benzene rings is 2. The van der Waals surface area contributed by atoms with Gasteiger partial charge in [0.1, 0.15) is 0 Å². The maximum absolute atomic E-state index is 3.35. The molecule has 0 heteroatoms. The molecule has 0 heterocycles. The predicted molar refractivity (Wildman–Crippen MR) is 62.9 cm³/mol. The molecule has 0 unspecified atom stereocenters. The molecule has 0 spiro atoms. The molecule has 2 aromatic carbocycles. The minimum atomic E-state index is 1.08. The zero-order valence-electron chi connectivity index (χ0n) is 8.88. The molecule has 0 amide bonds. The van der Waals surface area contributed by atoms with Gasteiger partial charge >= 0.3 is 0 Å². The van der Waals surface area contributed by atoms with E-state index in [1.807, 2.05) is 0 Å². The molecule has 0 fully saturated rings. The molecular weight excluding hydrogens is 180 g/mol. The third kappa shape index (κ3) is 1.21. The van der Waals surface area contributed by atoms with Crippen molar-refractivity contribution in [2.45, 2.75) is 19.8 Å². The second kappa shape index (κ2) is 3.23. The van der Waals surface area contributed by atoms with Crippen molar-refractivity contribution in [2.75, 3.05) is 0 Å². The van der Waals surface area contributed by atoms with E-state index >= 15 is 0 Å². The molecule has 0 atom stereocenters. The van der Waals surface area contributed by atoms with Crippen LogP contribution in [0, 0.1) is 6.07 Å². The van der Waals surface area contributed by atoms with Gasteiger partial charge in [-0.2, -0.15) is 0 Å². The largest absolute Gasteiger partial charge is 0.0619 e. The number of fused-ring (bicyclic) bond motifs is 3. The maximum Gasteiger partial charge on any atom is -0.00105 e. The van der Waals surface area contributed by atoms with Gasteiger partial charge in [-0.3, -0.25) is 0 Å². The Hall–Kier alpha value is -1.56. The van der Waals surface area contributed by atoms with Crippen LogP contribution in [0.1, 0.15) is 23.6 Å². The van der Waals surface area contributed by atoms with Crippen LogP contribution >= 0.6 is 0 Å². The van der Waals surface area contributed by atoms with Gasteiger partial charge in [-0.05, 0) is 46.7 Å². The van der Waals surface area contributed by atoms with Gasteiger partial charge in [0.2, 0.25) is 0 Å². The van der Waals surface area contributed by atoms with Crippen molar-refractivity contribution in [2.24, 2.45) is 0 Å². The van der Waals surface area contributed by atoms with Crippen molar-refractivity contribution in [3.63, 3.8) is 0 Å². The van der Waals surface area contributed by atoms with E-state index in [0.29, 0.717) is 0 Å². The highest BCUT2D eigenvalue weighted by molar-refractivity contribution is 5.77. The molecule has 1 aliphatic carbocycles. The lowest BCUT2D eigenvalue weighted by atomic mass is 10.00. The molecule has 73 valence electrons. The highest BCUT2D eigenvalue weighted by Gasteiger charge is 2.19. The zero-order valence-corrected chi connectivity index (χ0v) is 8.88. The summed E-state index contributed by atoms with van der Waals surface area (Å²) in [6.45, 7) is 2.20. The molecule has 0 saturated heterocycles. The summed E-state index contributed by atoms with van der Waals surface area (Å²) in [5.41, 5.74) is 7.16. The van der Waals surface area contributed by atoms with E-state index in [2.05, 4.69) is 49.4 Å². The van der Waals surface area contributed by atoms with Crippen molar-refractivity contribution in [3.8, 4) is 11.1 Å². The Morgan fingerprint density at radius 2 is 2.00 bits per heavy atom. The summed E-state index contributed by atoms with van der Waals surface area (Å²) in [4.78, 5) is 0. The van der Waals surface area contributed by atoms with Gasteiger partial charge in [0.05, 0.1) is 0 Å². The van der Waals surface area contributed by atoms with E-state index in [0.717, 1.165) is 12.8 Å². The minimum absolute atomic E-state index is 1.08. The summed E-state index contributed by atoms with van der Waals surface area (Å²) in [5.74, 6) is 0. The molecule has 15 heavy (non-hydrogen) atoms. The molecule has 1 radical (unpaired) electrons. The average molecular weight is 193 g/mol. The van der Waals surface area contributed by atoms with Crippen LogP contribution in [0.15, 0.2) is 36.4 Å². The van der Waals surface area contributed by atoms with Gasteiger partial charge in [0.15, 0.2) is 0 Å². The van der Waals surface area contributed by atoms with Crippen LogP contribution in [-0.4, -0.2) is 0 Å². The van der Waals surface area contributed by atoms with E-state index in [1.54, 1.807) is 0 Å². The molecule has 1 aliphatic rings. The van der Waals surface area contributed by atoms with Gasteiger partial charge in [-0.25, -0.2) is 0 Å². The fourth-order valence-electron chi connectivity index (χ4n) is 2.47. The first kappa shape index (κ1) is 8.72. The Balaban J connectivity index is 2.26. The summed E-state index contributed by atoms with van der Waals surface area (Å²) >= 11 is 0. The predicted octanol–water partition coefficient (Wildman–Crippen LogP) is 3.62. The first-order valence-electron chi connectivity index (χ1n) is 5.51. The van der Waals surface area contributed by atoms with Crippen molar-refractivity contribution >= 4 is 0 Å². The zero-order chi connectivity index (χ0) is 10.3. The number of hydrogen-bond acceptors (Lipinski definition) is 0. The summed E-state index contributed by atoms with van der Waals surface area (Å²) in [7, 11) is 0. The standard InChI is InChI=1S/C15H13/c1-2-11-7-5-9-14-13-8-4-3-6-12(13)10-15(11)14/h3-6,8-9H,2,10H2,1H3. The van der Waals surface area contributed by atoms with Gasteiger partial charge in [-0.1, -0.05) is 43.3 Å². The third-order valence-electron chi connectivity index (χ3n) is 3.23. The molecule has 0 aromatic heterocycles. The monoisotopic (exact) mass is 193 g/mol. The number of hydrogen-bond donors (Lipinski definition) is 0. The van der Waals surface area contributed by atoms with E-state index in [4.69, 9.17) is 0 Å². The third-order valence-corrected chi connectivity index (χ3v) is 3.23. The molecular formula is C15H13. The SMILES string of the molecule is CCc1[c]ccc2c1Cc1ccccc1-2. The Morgan fingerprint density at radius 1 is 1.13 bits per heavy atom. The Kier molecular flexibility index (Phi) is 1.88. The van der Waals surface area contributed by atoms with Gasteiger partial charge < -0.3 is 0 Å².